The van der Waals surface area contributed by atoms with Gasteiger partial charge in [0.05, 0.1) is 0 Å². The summed E-state index contributed by atoms with van der Waals surface area (Å²) in [4.78, 5) is 15.3. The molecule has 0 radical (unpaired) electrons. The van der Waals surface area contributed by atoms with Crippen LogP contribution < -0.4 is 0 Å². The minimum atomic E-state index is 0.635. The Morgan fingerprint density at radius 1 is 0.283 bits per heavy atom. The van der Waals surface area contributed by atoms with Crippen LogP contribution in [0.4, 0.5) is 0 Å². The standard InChI is InChI=1S/C49H31N3S/c1-3-15-32(16-4-1)36-21-7-10-25-44(36)49-51-47(33-17-5-2-6-18-33)50-48(52-49)35-20-13-19-34(31-35)37-29-30-40(39-23-9-8-22-38(37)39)42-26-14-27-43-41-24-11-12-28-45(41)53-46(42)43/h1-31H. The third-order valence-electron chi connectivity index (χ3n) is 9.97. The Kier molecular flexibility index (Phi) is 7.67. The molecule has 4 heteroatoms. The highest BCUT2D eigenvalue weighted by Crippen LogP contribution is 2.43. The number of hydrogen-bond acceptors (Lipinski definition) is 4. The highest BCUT2D eigenvalue weighted by atomic mass is 32.1. The van der Waals surface area contributed by atoms with Gasteiger partial charge >= 0.3 is 0 Å². The van der Waals surface area contributed by atoms with Crippen LogP contribution in [0, 0.1) is 0 Å². The van der Waals surface area contributed by atoms with E-state index in [4.69, 9.17) is 15.0 Å². The van der Waals surface area contributed by atoms with Gasteiger partial charge in [-0.3, -0.25) is 0 Å². The van der Waals surface area contributed by atoms with Crippen LogP contribution in [0.25, 0.3) is 98.5 Å². The third kappa shape index (κ3) is 5.57. The number of thiophene rings is 1. The molecule has 10 aromatic rings. The Morgan fingerprint density at radius 2 is 0.792 bits per heavy atom. The first-order valence-electron chi connectivity index (χ1n) is 17.8. The number of aromatic nitrogens is 3. The minimum absolute atomic E-state index is 0.635. The lowest BCUT2D eigenvalue weighted by atomic mass is 9.91. The Labute approximate surface area is 311 Å². The fourth-order valence-corrected chi connectivity index (χ4v) is 8.69. The van der Waals surface area contributed by atoms with Crippen LogP contribution in [0.1, 0.15) is 0 Å². The summed E-state index contributed by atoms with van der Waals surface area (Å²) in [6.07, 6.45) is 0. The molecule has 2 heterocycles. The summed E-state index contributed by atoms with van der Waals surface area (Å²) in [5, 5.41) is 5.06. The zero-order chi connectivity index (χ0) is 35.1. The van der Waals surface area contributed by atoms with Gasteiger partial charge in [0.15, 0.2) is 17.5 Å². The van der Waals surface area contributed by atoms with Crippen LogP contribution in [0.15, 0.2) is 188 Å². The molecule has 0 aliphatic heterocycles. The molecular weight excluding hydrogens is 663 g/mol. The second-order valence-corrected chi connectivity index (χ2v) is 14.2. The maximum Gasteiger partial charge on any atom is 0.164 e. The van der Waals surface area contributed by atoms with Gasteiger partial charge in [0.2, 0.25) is 0 Å². The van der Waals surface area contributed by atoms with Gasteiger partial charge in [-0.25, -0.2) is 15.0 Å². The molecule has 0 amide bonds. The van der Waals surface area contributed by atoms with Gasteiger partial charge in [-0.15, -0.1) is 11.3 Å². The average Bonchev–Trinajstić information content (AvgIpc) is 3.63. The van der Waals surface area contributed by atoms with Gasteiger partial charge in [0, 0.05) is 42.4 Å². The molecule has 0 N–H and O–H groups in total. The van der Waals surface area contributed by atoms with Gasteiger partial charge in [0.1, 0.15) is 0 Å². The zero-order valence-corrected chi connectivity index (χ0v) is 29.5. The fourth-order valence-electron chi connectivity index (χ4n) is 7.46. The molecule has 8 aromatic carbocycles. The second-order valence-electron chi connectivity index (χ2n) is 13.2. The molecule has 2 aromatic heterocycles. The Bertz CT molecular complexity index is 2950. The lowest BCUT2D eigenvalue weighted by Gasteiger charge is -2.14. The summed E-state index contributed by atoms with van der Waals surface area (Å²) in [5.41, 5.74) is 9.82. The van der Waals surface area contributed by atoms with Crippen molar-refractivity contribution in [1.29, 1.82) is 0 Å². The number of hydrogen-bond donors (Lipinski definition) is 0. The molecule has 0 spiro atoms. The predicted octanol–water partition coefficient (Wildman–Crippen LogP) is 13.4. The molecule has 0 bridgehead atoms. The van der Waals surface area contributed by atoms with Crippen LogP contribution in [0.5, 0.6) is 0 Å². The van der Waals surface area contributed by atoms with Crippen molar-refractivity contribution in [1.82, 2.24) is 15.0 Å². The third-order valence-corrected chi connectivity index (χ3v) is 11.2. The maximum absolute atomic E-state index is 5.16. The molecule has 0 atom stereocenters. The molecule has 0 fully saturated rings. The molecular formula is C49H31N3S. The predicted molar refractivity (Wildman–Crippen MR) is 223 cm³/mol. The van der Waals surface area contributed by atoms with E-state index in [1.54, 1.807) is 0 Å². The van der Waals surface area contributed by atoms with Crippen LogP contribution in [-0.2, 0) is 0 Å². The van der Waals surface area contributed by atoms with Crippen molar-refractivity contribution >= 4 is 42.3 Å². The summed E-state index contributed by atoms with van der Waals surface area (Å²) < 4.78 is 2.63. The number of benzene rings is 8. The molecule has 10 rings (SSSR count). The Hall–Kier alpha value is -6.75. The van der Waals surface area contributed by atoms with Crippen molar-refractivity contribution in [2.45, 2.75) is 0 Å². The molecule has 0 saturated carbocycles. The summed E-state index contributed by atoms with van der Waals surface area (Å²) in [6.45, 7) is 0. The van der Waals surface area contributed by atoms with E-state index in [9.17, 15) is 0 Å². The SMILES string of the molecule is c1ccc(-c2nc(-c3cccc(-c4ccc(-c5cccc6c5sc5ccccc56)c5ccccc45)c3)nc(-c3ccccc3-c3ccccc3)n2)cc1. The highest BCUT2D eigenvalue weighted by Gasteiger charge is 2.18. The van der Waals surface area contributed by atoms with Gasteiger partial charge in [-0.05, 0) is 50.7 Å². The van der Waals surface area contributed by atoms with Crippen LogP contribution in [0.3, 0.4) is 0 Å². The van der Waals surface area contributed by atoms with Crippen molar-refractivity contribution in [3.8, 4) is 67.5 Å². The highest BCUT2D eigenvalue weighted by molar-refractivity contribution is 7.26. The summed E-state index contributed by atoms with van der Waals surface area (Å²) in [5.74, 6) is 1.92. The zero-order valence-electron chi connectivity index (χ0n) is 28.6. The van der Waals surface area contributed by atoms with E-state index in [1.165, 1.54) is 47.6 Å². The normalized spacial score (nSPS) is 11.4. The molecule has 248 valence electrons. The molecule has 53 heavy (non-hydrogen) atoms. The van der Waals surface area contributed by atoms with E-state index in [0.717, 1.165) is 33.4 Å². The smallest absolute Gasteiger partial charge is 0.164 e. The molecule has 0 saturated heterocycles. The van der Waals surface area contributed by atoms with E-state index in [2.05, 4.69) is 158 Å². The van der Waals surface area contributed by atoms with Crippen molar-refractivity contribution in [2.75, 3.05) is 0 Å². The Morgan fingerprint density at radius 3 is 1.58 bits per heavy atom. The maximum atomic E-state index is 5.16. The Balaban J connectivity index is 1.12. The van der Waals surface area contributed by atoms with E-state index < -0.39 is 0 Å². The monoisotopic (exact) mass is 693 g/mol. The van der Waals surface area contributed by atoms with Crippen molar-refractivity contribution in [3.05, 3.63) is 188 Å². The first-order chi connectivity index (χ1) is 26.3. The topological polar surface area (TPSA) is 38.7 Å². The lowest BCUT2D eigenvalue weighted by molar-refractivity contribution is 1.07. The fraction of sp³-hybridized carbons (Fsp3) is 0. The second kappa shape index (κ2) is 13.1. The van der Waals surface area contributed by atoms with Crippen LogP contribution in [0.2, 0.25) is 0 Å². The number of rotatable bonds is 6. The summed E-state index contributed by atoms with van der Waals surface area (Å²) >= 11 is 1.87. The first-order valence-corrected chi connectivity index (χ1v) is 18.6. The van der Waals surface area contributed by atoms with Crippen LogP contribution >= 0.6 is 11.3 Å². The van der Waals surface area contributed by atoms with Gasteiger partial charge in [-0.2, -0.15) is 0 Å². The lowest BCUT2D eigenvalue weighted by Crippen LogP contribution is -2.01. The molecule has 0 aliphatic rings. The van der Waals surface area contributed by atoms with Crippen molar-refractivity contribution < 1.29 is 0 Å². The molecule has 3 nitrogen and oxygen atoms in total. The van der Waals surface area contributed by atoms with Crippen molar-refractivity contribution in [2.24, 2.45) is 0 Å². The molecule has 0 unspecified atom stereocenters. The van der Waals surface area contributed by atoms with Crippen LogP contribution in [-0.4, -0.2) is 15.0 Å². The largest absolute Gasteiger partial charge is 0.208 e. The quantitative estimate of drug-likeness (QED) is 0.174. The number of fused-ring (bicyclic) bond motifs is 4. The summed E-state index contributed by atoms with van der Waals surface area (Å²) in [6, 6.07) is 66.2. The average molecular weight is 694 g/mol. The van der Waals surface area contributed by atoms with E-state index in [1.807, 2.05) is 41.7 Å². The van der Waals surface area contributed by atoms with E-state index >= 15 is 0 Å². The van der Waals surface area contributed by atoms with Gasteiger partial charge in [-0.1, -0.05) is 176 Å². The summed E-state index contributed by atoms with van der Waals surface area (Å²) in [7, 11) is 0. The molecule has 0 aliphatic carbocycles. The van der Waals surface area contributed by atoms with E-state index in [-0.39, 0.29) is 0 Å². The van der Waals surface area contributed by atoms with E-state index in [0.29, 0.717) is 17.5 Å². The minimum Gasteiger partial charge on any atom is -0.208 e. The first kappa shape index (κ1) is 31.0. The number of nitrogens with zero attached hydrogens (tertiary/aromatic N) is 3. The van der Waals surface area contributed by atoms with Gasteiger partial charge in [0.25, 0.3) is 0 Å². The van der Waals surface area contributed by atoms with Crippen molar-refractivity contribution in [3.63, 3.8) is 0 Å². The van der Waals surface area contributed by atoms with Gasteiger partial charge < -0.3 is 0 Å².